The molecule has 0 spiro atoms. The predicted molar refractivity (Wildman–Crippen MR) is 78.0 cm³/mol. The molecule has 18 heavy (non-hydrogen) atoms. The Bertz CT molecular complexity index is 286. The molecule has 0 bridgehead atoms. The molecule has 0 radical (unpaired) electrons. The summed E-state index contributed by atoms with van der Waals surface area (Å²) in [4.78, 5) is 14.4. The molecule has 0 aromatic rings. The molecule has 1 unspecified atom stereocenters. The lowest BCUT2D eigenvalue weighted by Crippen LogP contribution is -2.44. The number of nitrogens with zero attached hydrogens (tertiary/aromatic N) is 1. The molecular weight excluding hydrogens is 244 g/mol. The molecule has 2 fully saturated rings. The number of thiol groups is 1. The van der Waals surface area contributed by atoms with Gasteiger partial charge in [-0.05, 0) is 56.9 Å². The number of nitrogens with one attached hydrogen (secondary N) is 1. The number of likely N-dealkylation sites (tertiary alicyclic amines) is 1. The predicted octanol–water partition coefficient (Wildman–Crippen LogP) is 2.08. The second kappa shape index (κ2) is 6.29. The molecule has 4 heteroatoms. The van der Waals surface area contributed by atoms with E-state index in [-0.39, 0.29) is 17.4 Å². The molecule has 1 amide bonds. The van der Waals surface area contributed by atoms with E-state index in [2.05, 4.69) is 29.8 Å². The van der Waals surface area contributed by atoms with Gasteiger partial charge < -0.3 is 10.2 Å². The first kappa shape index (κ1) is 14.2. The van der Waals surface area contributed by atoms with Gasteiger partial charge in [0.05, 0.1) is 0 Å². The summed E-state index contributed by atoms with van der Waals surface area (Å²) in [5, 5.41) is 3.14. The highest BCUT2D eigenvalue weighted by Crippen LogP contribution is 2.49. The Balaban J connectivity index is 1.66. The Morgan fingerprint density at radius 2 is 2.00 bits per heavy atom. The Morgan fingerprint density at radius 1 is 1.33 bits per heavy atom. The summed E-state index contributed by atoms with van der Waals surface area (Å²) in [6.45, 7) is 5.51. The molecule has 1 atom stereocenters. The molecule has 3 nitrogen and oxygen atoms in total. The molecule has 1 saturated carbocycles. The number of piperidine rings is 1. The standard InChI is InChI=1S/C14H26N2OS/c1-12(10-16-7-3-2-4-8-16)15-13(17)9-14(11-18)5-6-14/h12,18H,2-11H2,1H3,(H,15,17). The van der Waals surface area contributed by atoms with Crippen molar-refractivity contribution in [3.63, 3.8) is 0 Å². The minimum Gasteiger partial charge on any atom is -0.352 e. The van der Waals surface area contributed by atoms with Crippen LogP contribution in [-0.4, -0.2) is 42.2 Å². The molecule has 2 aliphatic rings. The minimum atomic E-state index is 0.214. The largest absolute Gasteiger partial charge is 0.352 e. The van der Waals surface area contributed by atoms with Crippen molar-refractivity contribution >= 4 is 18.5 Å². The molecule has 1 heterocycles. The third-order valence-electron chi connectivity index (χ3n) is 4.22. The van der Waals surface area contributed by atoms with Gasteiger partial charge in [0, 0.05) is 19.0 Å². The van der Waals surface area contributed by atoms with Gasteiger partial charge in [-0.2, -0.15) is 12.6 Å². The van der Waals surface area contributed by atoms with Gasteiger partial charge in [0.2, 0.25) is 5.91 Å². The average molecular weight is 270 g/mol. The molecular formula is C14H26N2OS. The van der Waals surface area contributed by atoms with E-state index in [9.17, 15) is 4.79 Å². The van der Waals surface area contributed by atoms with Crippen LogP contribution in [0.3, 0.4) is 0 Å². The van der Waals surface area contributed by atoms with Crippen LogP contribution in [0.4, 0.5) is 0 Å². The van der Waals surface area contributed by atoms with Crippen LogP contribution in [0.5, 0.6) is 0 Å². The Morgan fingerprint density at radius 3 is 2.56 bits per heavy atom. The number of rotatable bonds is 6. The Labute approximate surface area is 116 Å². The summed E-state index contributed by atoms with van der Waals surface area (Å²) < 4.78 is 0. The molecule has 1 aliphatic heterocycles. The van der Waals surface area contributed by atoms with Gasteiger partial charge in [0.25, 0.3) is 0 Å². The van der Waals surface area contributed by atoms with Gasteiger partial charge in [-0.1, -0.05) is 6.42 Å². The van der Waals surface area contributed by atoms with Crippen molar-refractivity contribution in [1.82, 2.24) is 10.2 Å². The van der Waals surface area contributed by atoms with Gasteiger partial charge in [-0.3, -0.25) is 4.79 Å². The van der Waals surface area contributed by atoms with E-state index >= 15 is 0 Å². The number of hydrogen-bond donors (Lipinski definition) is 2. The smallest absolute Gasteiger partial charge is 0.220 e. The van der Waals surface area contributed by atoms with Crippen molar-refractivity contribution in [2.24, 2.45) is 5.41 Å². The zero-order valence-electron chi connectivity index (χ0n) is 11.5. The third kappa shape index (κ3) is 4.16. The number of amides is 1. The molecule has 0 aromatic carbocycles. The van der Waals surface area contributed by atoms with Crippen molar-refractivity contribution in [1.29, 1.82) is 0 Å². The van der Waals surface area contributed by atoms with Crippen LogP contribution in [0, 0.1) is 5.41 Å². The van der Waals surface area contributed by atoms with Crippen LogP contribution in [0.1, 0.15) is 45.4 Å². The summed E-state index contributed by atoms with van der Waals surface area (Å²) in [5.41, 5.74) is 0.234. The van der Waals surface area contributed by atoms with Gasteiger partial charge in [0.1, 0.15) is 0 Å². The minimum absolute atomic E-state index is 0.214. The summed E-state index contributed by atoms with van der Waals surface area (Å²) in [7, 11) is 0. The van der Waals surface area contributed by atoms with Crippen LogP contribution in [-0.2, 0) is 4.79 Å². The Kier molecular flexibility index (Phi) is 4.96. The molecule has 0 aromatic heterocycles. The number of hydrogen-bond acceptors (Lipinski definition) is 3. The van der Waals surface area contributed by atoms with Crippen LogP contribution in [0.2, 0.25) is 0 Å². The highest BCUT2D eigenvalue weighted by atomic mass is 32.1. The fraction of sp³-hybridized carbons (Fsp3) is 0.929. The Hall–Kier alpha value is -0.220. The van der Waals surface area contributed by atoms with Crippen LogP contribution in [0.25, 0.3) is 0 Å². The second-order valence-electron chi connectivity index (χ2n) is 6.16. The van der Waals surface area contributed by atoms with Crippen molar-refractivity contribution in [3.05, 3.63) is 0 Å². The number of carbonyl (C=O) groups excluding carboxylic acids is 1. The second-order valence-corrected chi connectivity index (χ2v) is 6.48. The van der Waals surface area contributed by atoms with Crippen molar-refractivity contribution in [3.8, 4) is 0 Å². The SMILES string of the molecule is CC(CN1CCCCC1)NC(=O)CC1(CS)CC1. The quantitative estimate of drug-likeness (QED) is 0.724. The summed E-state index contributed by atoms with van der Waals surface area (Å²) in [6.07, 6.45) is 6.99. The maximum absolute atomic E-state index is 11.9. The van der Waals surface area contributed by atoms with Crippen molar-refractivity contribution in [2.45, 2.75) is 51.5 Å². The lowest BCUT2D eigenvalue weighted by molar-refractivity contribution is -0.122. The van der Waals surface area contributed by atoms with Crippen LogP contribution in [0.15, 0.2) is 0 Å². The lowest BCUT2D eigenvalue weighted by atomic mass is 10.0. The molecule has 1 saturated heterocycles. The van der Waals surface area contributed by atoms with E-state index < -0.39 is 0 Å². The monoisotopic (exact) mass is 270 g/mol. The van der Waals surface area contributed by atoms with Gasteiger partial charge in [0.15, 0.2) is 0 Å². The summed E-state index contributed by atoms with van der Waals surface area (Å²) in [5.74, 6) is 1.06. The third-order valence-corrected chi connectivity index (χ3v) is 4.89. The van der Waals surface area contributed by atoms with Crippen molar-refractivity contribution < 1.29 is 4.79 Å². The van der Waals surface area contributed by atoms with Gasteiger partial charge in [-0.25, -0.2) is 0 Å². The van der Waals surface area contributed by atoms with E-state index in [4.69, 9.17) is 0 Å². The zero-order chi connectivity index (χ0) is 13.0. The van der Waals surface area contributed by atoms with E-state index in [0.717, 1.165) is 12.3 Å². The normalized spacial score (nSPS) is 24.6. The zero-order valence-corrected chi connectivity index (χ0v) is 12.3. The maximum Gasteiger partial charge on any atom is 0.220 e. The highest BCUT2D eigenvalue weighted by molar-refractivity contribution is 7.80. The molecule has 1 N–H and O–H groups in total. The van der Waals surface area contributed by atoms with Crippen molar-refractivity contribution in [2.75, 3.05) is 25.4 Å². The maximum atomic E-state index is 11.9. The first-order valence-corrected chi connectivity index (χ1v) is 7.89. The molecule has 2 rings (SSSR count). The van der Waals surface area contributed by atoms with E-state index in [0.29, 0.717) is 6.42 Å². The van der Waals surface area contributed by atoms with Crippen LogP contribution >= 0.6 is 12.6 Å². The first-order valence-electron chi connectivity index (χ1n) is 7.26. The average Bonchev–Trinajstić information content (AvgIpc) is 3.10. The first-order chi connectivity index (χ1) is 8.63. The topological polar surface area (TPSA) is 32.3 Å². The fourth-order valence-electron chi connectivity index (χ4n) is 2.81. The van der Waals surface area contributed by atoms with E-state index in [1.165, 1.54) is 45.2 Å². The fourth-order valence-corrected chi connectivity index (χ4v) is 3.24. The van der Waals surface area contributed by atoms with Crippen LogP contribution < -0.4 is 5.32 Å². The molecule has 104 valence electrons. The summed E-state index contributed by atoms with van der Waals surface area (Å²) in [6, 6.07) is 0.270. The molecule has 1 aliphatic carbocycles. The highest BCUT2D eigenvalue weighted by Gasteiger charge is 2.42. The van der Waals surface area contributed by atoms with Gasteiger partial charge in [-0.15, -0.1) is 0 Å². The summed E-state index contributed by atoms with van der Waals surface area (Å²) >= 11 is 4.35. The lowest BCUT2D eigenvalue weighted by Gasteiger charge is -2.29. The van der Waals surface area contributed by atoms with E-state index in [1.54, 1.807) is 0 Å². The number of carbonyl (C=O) groups is 1. The van der Waals surface area contributed by atoms with E-state index in [1.807, 2.05) is 0 Å². The van der Waals surface area contributed by atoms with Gasteiger partial charge >= 0.3 is 0 Å².